The van der Waals surface area contributed by atoms with Crippen molar-refractivity contribution in [1.82, 2.24) is 4.57 Å². The molecule has 0 aliphatic heterocycles. The molecule has 2 amide bonds. The van der Waals surface area contributed by atoms with Crippen molar-refractivity contribution in [1.29, 1.82) is 0 Å². The summed E-state index contributed by atoms with van der Waals surface area (Å²) in [5.41, 5.74) is 1.68. The minimum absolute atomic E-state index is 0.190. The highest BCUT2D eigenvalue weighted by molar-refractivity contribution is 7.07. The average molecular weight is 337 g/mol. The van der Waals surface area contributed by atoms with E-state index in [-0.39, 0.29) is 11.8 Å². The second-order valence-electron chi connectivity index (χ2n) is 5.11. The highest BCUT2D eigenvalue weighted by Gasteiger charge is 2.07. The van der Waals surface area contributed by atoms with E-state index in [4.69, 9.17) is 0 Å². The van der Waals surface area contributed by atoms with Gasteiger partial charge in [-0.3, -0.25) is 9.59 Å². The van der Waals surface area contributed by atoms with Crippen LogP contribution in [0.3, 0.4) is 0 Å². The highest BCUT2D eigenvalue weighted by Crippen LogP contribution is 2.12. The van der Waals surface area contributed by atoms with Crippen LogP contribution in [0.4, 0.5) is 5.69 Å². The van der Waals surface area contributed by atoms with Crippen molar-refractivity contribution < 1.29 is 9.59 Å². The summed E-state index contributed by atoms with van der Waals surface area (Å²) in [6.07, 6.45) is 1.85. The van der Waals surface area contributed by atoms with E-state index in [0.717, 1.165) is 0 Å². The molecule has 0 fully saturated rings. The number of hydrogen-bond donors (Lipinski definition) is 1. The van der Waals surface area contributed by atoms with E-state index in [9.17, 15) is 9.59 Å². The molecule has 3 rings (SSSR count). The number of carbonyl (C=O) groups excluding carboxylic acids is 2. The zero-order valence-electron chi connectivity index (χ0n) is 13.0. The Balaban J connectivity index is 1.73. The lowest BCUT2D eigenvalue weighted by molar-refractivity contribution is 0.0996. The predicted octanol–water partition coefficient (Wildman–Crippen LogP) is 3.08. The second kappa shape index (κ2) is 7.06. The van der Waals surface area contributed by atoms with Crippen LogP contribution in [-0.2, 0) is 7.05 Å². The Bertz CT molecular complexity index is 925. The zero-order chi connectivity index (χ0) is 16.9. The van der Waals surface area contributed by atoms with Crippen LogP contribution in [0.2, 0.25) is 0 Å². The summed E-state index contributed by atoms with van der Waals surface area (Å²) in [7, 11) is 1.84. The van der Waals surface area contributed by atoms with E-state index >= 15 is 0 Å². The number of hydrogen-bond acceptors (Lipinski definition) is 3. The molecule has 5 nitrogen and oxygen atoms in total. The largest absolute Gasteiger partial charge is 0.327 e. The lowest BCUT2D eigenvalue weighted by Gasteiger charge is -2.05. The quantitative estimate of drug-likeness (QED) is 0.798. The maximum Gasteiger partial charge on any atom is 0.279 e. The van der Waals surface area contributed by atoms with Gasteiger partial charge in [-0.2, -0.15) is 4.99 Å². The van der Waals surface area contributed by atoms with Crippen molar-refractivity contribution in [3.8, 4) is 0 Å². The van der Waals surface area contributed by atoms with Gasteiger partial charge in [0.2, 0.25) is 0 Å². The molecule has 2 aromatic carbocycles. The Morgan fingerprint density at radius 1 is 1.00 bits per heavy atom. The third-order valence-electron chi connectivity index (χ3n) is 3.38. The Morgan fingerprint density at radius 2 is 1.71 bits per heavy atom. The maximum atomic E-state index is 12.2. The van der Waals surface area contributed by atoms with Gasteiger partial charge >= 0.3 is 0 Å². The van der Waals surface area contributed by atoms with Gasteiger partial charge < -0.3 is 9.88 Å². The first-order valence-electron chi connectivity index (χ1n) is 7.29. The third kappa shape index (κ3) is 3.67. The first kappa shape index (κ1) is 15.9. The molecule has 120 valence electrons. The van der Waals surface area contributed by atoms with Crippen molar-refractivity contribution in [3.05, 3.63) is 82.1 Å². The molecule has 6 heteroatoms. The number of benzene rings is 2. The normalized spacial score (nSPS) is 11.3. The number of rotatable bonds is 3. The van der Waals surface area contributed by atoms with Gasteiger partial charge in [-0.15, -0.1) is 11.3 Å². The molecule has 1 N–H and O–H groups in total. The number of aromatic nitrogens is 1. The summed E-state index contributed by atoms with van der Waals surface area (Å²) in [4.78, 5) is 29.0. The molecule has 0 atom stereocenters. The molecule has 0 aliphatic rings. The molecule has 1 aromatic heterocycles. The van der Waals surface area contributed by atoms with Gasteiger partial charge in [0, 0.05) is 35.4 Å². The van der Waals surface area contributed by atoms with E-state index in [2.05, 4.69) is 10.3 Å². The number of amides is 2. The Hall–Kier alpha value is -2.99. The fraction of sp³-hybridized carbons (Fsp3) is 0.0556. The van der Waals surface area contributed by atoms with E-state index in [0.29, 0.717) is 21.6 Å². The van der Waals surface area contributed by atoms with Crippen molar-refractivity contribution in [3.63, 3.8) is 0 Å². The van der Waals surface area contributed by atoms with Crippen molar-refractivity contribution in [2.75, 3.05) is 5.32 Å². The Labute approximate surface area is 142 Å². The standard InChI is InChI=1S/C18H15N3O2S/c1-21-11-12-24-18(21)20-17(23)14-7-9-15(10-8-14)19-16(22)13-5-3-2-4-6-13/h2-12H,1H3,(H,19,22). The van der Waals surface area contributed by atoms with Gasteiger partial charge in [-0.25, -0.2) is 0 Å². The molecule has 3 aromatic rings. The van der Waals surface area contributed by atoms with Crippen LogP contribution in [0.25, 0.3) is 0 Å². The topological polar surface area (TPSA) is 63.5 Å². The summed E-state index contributed by atoms with van der Waals surface area (Å²) in [5.74, 6) is -0.501. The fourth-order valence-corrected chi connectivity index (χ4v) is 2.80. The van der Waals surface area contributed by atoms with Crippen molar-refractivity contribution >= 4 is 28.8 Å². The van der Waals surface area contributed by atoms with E-state index in [1.165, 1.54) is 11.3 Å². The van der Waals surface area contributed by atoms with Crippen LogP contribution in [0.1, 0.15) is 20.7 Å². The molecule has 0 spiro atoms. The lowest BCUT2D eigenvalue weighted by Crippen LogP contribution is -2.13. The SMILES string of the molecule is Cn1ccsc1=NC(=O)c1ccc(NC(=O)c2ccccc2)cc1. The third-order valence-corrected chi connectivity index (χ3v) is 4.23. The molecule has 0 saturated heterocycles. The number of thiazole rings is 1. The van der Waals surface area contributed by atoms with E-state index in [1.54, 1.807) is 41.0 Å². The van der Waals surface area contributed by atoms with Gasteiger partial charge in [0.1, 0.15) is 0 Å². The molecular weight excluding hydrogens is 322 g/mol. The summed E-state index contributed by atoms with van der Waals surface area (Å²) in [6.45, 7) is 0. The molecule has 24 heavy (non-hydrogen) atoms. The Kier molecular flexibility index (Phi) is 4.67. The fourth-order valence-electron chi connectivity index (χ4n) is 2.08. The minimum atomic E-state index is -0.311. The van der Waals surface area contributed by atoms with Gasteiger partial charge in [0.05, 0.1) is 0 Å². The minimum Gasteiger partial charge on any atom is -0.327 e. The van der Waals surface area contributed by atoms with Gasteiger partial charge in [0.15, 0.2) is 4.80 Å². The zero-order valence-corrected chi connectivity index (χ0v) is 13.8. The number of aryl methyl sites for hydroxylation is 1. The van der Waals surface area contributed by atoms with Crippen LogP contribution in [0.15, 0.2) is 71.2 Å². The molecular formula is C18H15N3O2S. The summed E-state index contributed by atoms with van der Waals surface area (Å²) in [6, 6.07) is 15.6. The van der Waals surface area contributed by atoms with Gasteiger partial charge in [-0.05, 0) is 36.4 Å². The molecule has 0 radical (unpaired) electrons. The Morgan fingerprint density at radius 3 is 2.33 bits per heavy atom. The lowest BCUT2D eigenvalue weighted by atomic mass is 10.2. The maximum absolute atomic E-state index is 12.2. The number of nitrogens with zero attached hydrogens (tertiary/aromatic N) is 2. The second-order valence-corrected chi connectivity index (χ2v) is 5.98. The smallest absolute Gasteiger partial charge is 0.279 e. The van der Waals surface area contributed by atoms with Crippen LogP contribution in [0, 0.1) is 0 Å². The molecule has 0 bridgehead atoms. The van der Waals surface area contributed by atoms with Crippen molar-refractivity contribution in [2.45, 2.75) is 0 Å². The van der Waals surface area contributed by atoms with Crippen molar-refractivity contribution in [2.24, 2.45) is 12.0 Å². The molecule has 0 aliphatic carbocycles. The predicted molar refractivity (Wildman–Crippen MR) is 94.0 cm³/mol. The van der Waals surface area contributed by atoms with Crippen LogP contribution >= 0.6 is 11.3 Å². The number of carbonyl (C=O) groups is 2. The van der Waals surface area contributed by atoms with Crippen LogP contribution in [0.5, 0.6) is 0 Å². The summed E-state index contributed by atoms with van der Waals surface area (Å²) in [5, 5.41) is 4.67. The highest BCUT2D eigenvalue weighted by atomic mass is 32.1. The van der Waals surface area contributed by atoms with Crippen LogP contribution in [-0.4, -0.2) is 16.4 Å². The van der Waals surface area contributed by atoms with Gasteiger partial charge in [0.25, 0.3) is 11.8 Å². The number of nitrogens with one attached hydrogen (secondary N) is 1. The first-order valence-corrected chi connectivity index (χ1v) is 8.17. The molecule has 0 saturated carbocycles. The number of anilines is 1. The van der Waals surface area contributed by atoms with E-state index < -0.39 is 0 Å². The van der Waals surface area contributed by atoms with Gasteiger partial charge in [-0.1, -0.05) is 18.2 Å². The molecule has 0 unspecified atom stereocenters. The molecule has 1 heterocycles. The first-order chi connectivity index (χ1) is 11.6. The van der Waals surface area contributed by atoms with Crippen LogP contribution < -0.4 is 10.1 Å². The summed E-state index contributed by atoms with van der Waals surface area (Å²) >= 11 is 1.40. The monoisotopic (exact) mass is 337 g/mol. The summed E-state index contributed by atoms with van der Waals surface area (Å²) < 4.78 is 1.79. The average Bonchev–Trinajstić information content (AvgIpc) is 3.01. The van der Waals surface area contributed by atoms with E-state index in [1.807, 2.05) is 36.8 Å².